The van der Waals surface area contributed by atoms with E-state index in [2.05, 4.69) is 25.7 Å². The van der Waals surface area contributed by atoms with Gasteiger partial charge in [-0.1, -0.05) is 6.92 Å². The maximum atomic E-state index is 5.54. The maximum absolute atomic E-state index is 5.54. The third kappa shape index (κ3) is 7.20. The molecule has 0 saturated heterocycles. The van der Waals surface area contributed by atoms with E-state index in [1.165, 1.54) is 6.42 Å². The van der Waals surface area contributed by atoms with Gasteiger partial charge in [0.25, 0.3) is 0 Å². The molecule has 0 atom stereocenters. The van der Waals surface area contributed by atoms with Gasteiger partial charge >= 0.3 is 0 Å². The van der Waals surface area contributed by atoms with E-state index in [9.17, 15) is 0 Å². The number of hydrogen-bond acceptors (Lipinski definition) is 3. The number of rotatable bonds is 10. The van der Waals surface area contributed by atoms with Crippen molar-refractivity contribution < 1.29 is 9.47 Å². The highest BCUT2D eigenvalue weighted by Crippen LogP contribution is 2.06. The SMILES string of the molecule is CCCN(CCC(OCC)OCC)C(C)C. The van der Waals surface area contributed by atoms with Crippen molar-refractivity contribution in [2.75, 3.05) is 26.3 Å². The summed E-state index contributed by atoms with van der Waals surface area (Å²) in [6.07, 6.45) is 2.12. The Bertz CT molecular complexity index is 145. The number of hydrogen-bond donors (Lipinski definition) is 0. The summed E-state index contributed by atoms with van der Waals surface area (Å²) in [6.45, 7) is 14.4. The summed E-state index contributed by atoms with van der Waals surface area (Å²) in [5, 5.41) is 0. The van der Waals surface area contributed by atoms with Crippen LogP contribution in [0.4, 0.5) is 0 Å². The van der Waals surface area contributed by atoms with Crippen molar-refractivity contribution in [3.05, 3.63) is 0 Å². The molecule has 0 aliphatic heterocycles. The molecule has 0 saturated carbocycles. The highest BCUT2D eigenvalue weighted by molar-refractivity contribution is 4.63. The highest BCUT2D eigenvalue weighted by atomic mass is 16.7. The van der Waals surface area contributed by atoms with Crippen LogP contribution in [0.25, 0.3) is 0 Å². The molecule has 16 heavy (non-hydrogen) atoms. The van der Waals surface area contributed by atoms with Crippen molar-refractivity contribution in [1.82, 2.24) is 4.90 Å². The molecule has 0 aromatic heterocycles. The van der Waals surface area contributed by atoms with E-state index < -0.39 is 0 Å². The Morgan fingerprint density at radius 3 is 1.88 bits per heavy atom. The number of nitrogens with zero attached hydrogens (tertiary/aromatic N) is 1. The quantitative estimate of drug-likeness (QED) is 0.540. The van der Waals surface area contributed by atoms with Crippen LogP contribution < -0.4 is 0 Å². The van der Waals surface area contributed by atoms with Crippen molar-refractivity contribution in [1.29, 1.82) is 0 Å². The normalized spacial score (nSPS) is 12.0. The van der Waals surface area contributed by atoms with Gasteiger partial charge in [-0.05, 0) is 40.7 Å². The molecule has 0 spiro atoms. The first-order chi connectivity index (χ1) is 7.65. The molecule has 0 fully saturated rings. The van der Waals surface area contributed by atoms with Crippen LogP contribution in [0.2, 0.25) is 0 Å². The lowest BCUT2D eigenvalue weighted by Crippen LogP contribution is -2.35. The Kier molecular flexibility index (Phi) is 9.99. The summed E-state index contributed by atoms with van der Waals surface area (Å²) in [5.41, 5.74) is 0. The molecule has 0 aliphatic rings. The van der Waals surface area contributed by atoms with E-state index in [-0.39, 0.29) is 6.29 Å². The lowest BCUT2D eigenvalue weighted by molar-refractivity contribution is -0.142. The molecule has 0 N–H and O–H groups in total. The third-order valence-corrected chi connectivity index (χ3v) is 2.60. The molecule has 0 bridgehead atoms. The zero-order valence-electron chi connectivity index (χ0n) is 11.7. The van der Waals surface area contributed by atoms with Crippen molar-refractivity contribution in [3.63, 3.8) is 0 Å². The van der Waals surface area contributed by atoms with Gasteiger partial charge in [-0.2, -0.15) is 0 Å². The van der Waals surface area contributed by atoms with Crippen LogP contribution in [0.5, 0.6) is 0 Å². The van der Waals surface area contributed by atoms with E-state index in [0.717, 1.165) is 32.7 Å². The summed E-state index contributed by atoms with van der Waals surface area (Å²) >= 11 is 0. The fourth-order valence-electron chi connectivity index (χ4n) is 1.77. The van der Waals surface area contributed by atoms with Crippen LogP contribution in [0.15, 0.2) is 0 Å². The van der Waals surface area contributed by atoms with Gasteiger partial charge in [-0.3, -0.25) is 0 Å². The molecule has 3 nitrogen and oxygen atoms in total. The fourth-order valence-corrected chi connectivity index (χ4v) is 1.77. The lowest BCUT2D eigenvalue weighted by Gasteiger charge is -2.27. The van der Waals surface area contributed by atoms with Crippen LogP contribution >= 0.6 is 0 Å². The average Bonchev–Trinajstić information content (AvgIpc) is 2.24. The summed E-state index contributed by atoms with van der Waals surface area (Å²) in [6, 6.07) is 0.601. The smallest absolute Gasteiger partial charge is 0.158 e. The van der Waals surface area contributed by atoms with Crippen LogP contribution in [-0.2, 0) is 9.47 Å². The predicted molar refractivity (Wildman–Crippen MR) is 68.7 cm³/mol. The minimum atomic E-state index is -0.0342. The second-order valence-electron chi connectivity index (χ2n) is 4.26. The van der Waals surface area contributed by atoms with Crippen LogP contribution in [0.1, 0.15) is 47.5 Å². The monoisotopic (exact) mass is 231 g/mol. The maximum Gasteiger partial charge on any atom is 0.158 e. The van der Waals surface area contributed by atoms with Crippen molar-refractivity contribution in [2.45, 2.75) is 59.8 Å². The largest absolute Gasteiger partial charge is 0.353 e. The Balaban J connectivity index is 3.93. The first-order valence-electron chi connectivity index (χ1n) is 6.62. The minimum Gasteiger partial charge on any atom is -0.353 e. The zero-order chi connectivity index (χ0) is 12.4. The fraction of sp³-hybridized carbons (Fsp3) is 1.00. The van der Waals surface area contributed by atoms with Gasteiger partial charge in [0.1, 0.15) is 0 Å². The molecule has 0 rings (SSSR count). The van der Waals surface area contributed by atoms with Gasteiger partial charge in [0.05, 0.1) is 0 Å². The average molecular weight is 231 g/mol. The Morgan fingerprint density at radius 1 is 0.938 bits per heavy atom. The van der Waals surface area contributed by atoms with Gasteiger partial charge in [0, 0.05) is 32.2 Å². The second-order valence-corrected chi connectivity index (χ2v) is 4.26. The van der Waals surface area contributed by atoms with Crippen molar-refractivity contribution >= 4 is 0 Å². The van der Waals surface area contributed by atoms with E-state index in [4.69, 9.17) is 9.47 Å². The minimum absolute atomic E-state index is 0.0342. The van der Waals surface area contributed by atoms with Gasteiger partial charge in [0.15, 0.2) is 6.29 Å². The second kappa shape index (κ2) is 10.1. The summed E-state index contributed by atoms with van der Waals surface area (Å²) < 4.78 is 11.1. The first kappa shape index (κ1) is 15.9. The van der Waals surface area contributed by atoms with Crippen molar-refractivity contribution in [3.8, 4) is 0 Å². The third-order valence-electron chi connectivity index (χ3n) is 2.60. The van der Waals surface area contributed by atoms with Crippen LogP contribution in [0, 0.1) is 0 Å². The van der Waals surface area contributed by atoms with E-state index in [1.807, 2.05) is 13.8 Å². The molecule has 0 aromatic carbocycles. The summed E-state index contributed by atoms with van der Waals surface area (Å²) in [7, 11) is 0. The van der Waals surface area contributed by atoms with Crippen LogP contribution in [-0.4, -0.2) is 43.5 Å². The predicted octanol–water partition coefficient (Wildman–Crippen LogP) is 2.90. The summed E-state index contributed by atoms with van der Waals surface area (Å²) in [5.74, 6) is 0. The van der Waals surface area contributed by atoms with Gasteiger partial charge in [-0.15, -0.1) is 0 Å². The molecule has 0 aliphatic carbocycles. The van der Waals surface area contributed by atoms with Gasteiger partial charge in [0.2, 0.25) is 0 Å². The molecule has 0 radical (unpaired) electrons. The van der Waals surface area contributed by atoms with Crippen molar-refractivity contribution in [2.24, 2.45) is 0 Å². The molecule has 98 valence electrons. The molecule has 0 amide bonds. The molecular weight excluding hydrogens is 202 g/mol. The standard InChI is InChI=1S/C13H29NO2/c1-6-10-14(12(4)5)11-9-13(15-7-2)16-8-3/h12-13H,6-11H2,1-5H3. The molecule has 0 unspecified atom stereocenters. The molecule has 0 heterocycles. The lowest BCUT2D eigenvalue weighted by atomic mass is 10.2. The van der Waals surface area contributed by atoms with E-state index in [0.29, 0.717) is 6.04 Å². The molecule has 0 aromatic rings. The Morgan fingerprint density at radius 2 is 1.50 bits per heavy atom. The van der Waals surface area contributed by atoms with Gasteiger partial charge in [-0.25, -0.2) is 0 Å². The zero-order valence-corrected chi connectivity index (χ0v) is 11.7. The molecule has 3 heteroatoms. The Hall–Kier alpha value is -0.120. The first-order valence-corrected chi connectivity index (χ1v) is 6.62. The van der Waals surface area contributed by atoms with E-state index >= 15 is 0 Å². The Labute approximate surface area is 101 Å². The molecular formula is C13H29NO2. The highest BCUT2D eigenvalue weighted by Gasteiger charge is 2.13. The van der Waals surface area contributed by atoms with Gasteiger partial charge < -0.3 is 14.4 Å². The topological polar surface area (TPSA) is 21.7 Å². The summed E-state index contributed by atoms with van der Waals surface area (Å²) in [4.78, 5) is 2.48. The van der Waals surface area contributed by atoms with Crippen LogP contribution in [0.3, 0.4) is 0 Å². The van der Waals surface area contributed by atoms with E-state index in [1.54, 1.807) is 0 Å². The number of ether oxygens (including phenoxy) is 2.